The summed E-state index contributed by atoms with van der Waals surface area (Å²) in [5, 5.41) is 8.38. The molecule has 0 aromatic heterocycles. The minimum atomic E-state index is -0.977. The fraction of sp³-hybridized carbons (Fsp3) is 0.0909. The summed E-state index contributed by atoms with van der Waals surface area (Å²) in [6.07, 6.45) is 3.22. The molecule has 1 aromatic carbocycles. The van der Waals surface area contributed by atoms with Gasteiger partial charge in [0.15, 0.2) is 6.29 Å². The molecule has 0 spiro atoms. The molecule has 0 aliphatic heterocycles. The second kappa shape index (κ2) is 5.05. The number of aldehydes is 1. The molecular formula is C11H9FO3. The molecule has 0 amide bonds. The van der Waals surface area contributed by atoms with Crippen molar-refractivity contribution < 1.29 is 19.1 Å². The molecule has 3 nitrogen and oxygen atoms in total. The van der Waals surface area contributed by atoms with Crippen LogP contribution in [0, 0.1) is 5.82 Å². The quantitative estimate of drug-likeness (QED) is 0.771. The van der Waals surface area contributed by atoms with Crippen LogP contribution in [0.1, 0.15) is 22.3 Å². The topological polar surface area (TPSA) is 54.4 Å². The van der Waals surface area contributed by atoms with Gasteiger partial charge in [0.2, 0.25) is 0 Å². The summed E-state index contributed by atoms with van der Waals surface area (Å²) in [5.41, 5.74) is 0.712. The summed E-state index contributed by atoms with van der Waals surface area (Å²) in [7, 11) is 0. The molecule has 1 N–H and O–H groups in total. The number of hydrogen-bond donors (Lipinski definition) is 1. The van der Waals surface area contributed by atoms with Crippen molar-refractivity contribution in [3.8, 4) is 0 Å². The van der Waals surface area contributed by atoms with Gasteiger partial charge in [-0.05, 0) is 23.8 Å². The first kappa shape index (κ1) is 11.1. The van der Waals surface area contributed by atoms with E-state index in [-0.39, 0.29) is 6.42 Å². The normalized spacial score (nSPS) is 10.5. The first-order valence-electron chi connectivity index (χ1n) is 4.26. The Morgan fingerprint density at radius 2 is 2.13 bits per heavy atom. The fourth-order valence-electron chi connectivity index (χ4n) is 1.08. The van der Waals surface area contributed by atoms with E-state index in [1.807, 2.05) is 0 Å². The lowest BCUT2D eigenvalue weighted by molar-refractivity contribution is -0.135. The number of rotatable bonds is 4. The zero-order chi connectivity index (χ0) is 11.3. The summed E-state index contributed by atoms with van der Waals surface area (Å²) >= 11 is 0. The Bertz CT molecular complexity index is 410. The van der Waals surface area contributed by atoms with Crippen LogP contribution in [0.25, 0.3) is 6.08 Å². The first-order chi connectivity index (χ1) is 7.13. The van der Waals surface area contributed by atoms with Crippen molar-refractivity contribution in [2.45, 2.75) is 6.42 Å². The third-order valence-corrected chi connectivity index (χ3v) is 1.77. The minimum absolute atomic E-state index is 0.158. The Morgan fingerprint density at radius 3 is 2.73 bits per heavy atom. The summed E-state index contributed by atoms with van der Waals surface area (Å²) in [6.45, 7) is 0. The zero-order valence-corrected chi connectivity index (χ0v) is 7.81. The Labute approximate surface area is 85.8 Å². The van der Waals surface area contributed by atoms with Gasteiger partial charge in [0.1, 0.15) is 5.82 Å². The van der Waals surface area contributed by atoms with E-state index in [4.69, 9.17) is 5.11 Å². The van der Waals surface area contributed by atoms with Gasteiger partial charge in [-0.3, -0.25) is 9.59 Å². The van der Waals surface area contributed by atoms with Gasteiger partial charge in [0.25, 0.3) is 0 Å². The van der Waals surface area contributed by atoms with Crippen LogP contribution in [0.5, 0.6) is 0 Å². The molecule has 15 heavy (non-hydrogen) atoms. The van der Waals surface area contributed by atoms with Crippen LogP contribution in [-0.4, -0.2) is 17.4 Å². The second-order valence-corrected chi connectivity index (χ2v) is 2.89. The highest BCUT2D eigenvalue weighted by molar-refractivity contribution is 5.82. The zero-order valence-electron chi connectivity index (χ0n) is 7.81. The maximum atomic E-state index is 12.8. The molecule has 0 atom stereocenters. The van der Waals surface area contributed by atoms with E-state index in [0.29, 0.717) is 17.4 Å². The molecule has 1 rings (SSSR count). The van der Waals surface area contributed by atoms with Gasteiger partial charge in [-0.1, -0.05) is 12.2 Å². The van der Waals surface area contributed by atoms with Crippen molar-refractivity contribution in [1.29, 1.82) is 0 Å². The molecule has 1 aromatic rings. The van der Waals surface area contributed by atoms with Gasteiger partial charge < -0.3 is 5.11 Å². The van der Waals surface area contributed by atoms with Crippen molar-refractivity contribution in [1.82, 2.24) is 0 Å². The van der Waals surface area contributed by atoms with E-state index in [9.17, 15) is 14.0 Å². The molecule has 4 heteroatoms. The number of carbonyl (C=O) groups excluding carboxylic acids is 1. The highest BCUT2D eigenvalue weighted by atomic mass is 19.1. The van der Waals surface area contributed by atoms with Crippen LogP contribution in [0.4, 0.5) is 4.39 Å². The third kappa shape index (κ3) is 3.34. The molecule has 0 unspecified atom stereocenters. The average molecular weight is 208 g/mol. The van der Waals surface area contributed by atoms with Crippen LogP contribution in [0.3, 0.4) is 0 Å². The average Bonchev–Trinajstić information content (AvgIpc) is 2.17. The molecule has 0 saturated carbocycles. The van der Waals surface area contributed by atoms with Crippen molar-refractivity contribution >= 4 is 18.3 Å². The smallest absolute Gasteiger partial charge is 0.307 e. The lowest BCUT2D eigenvalue weighted by atomic mass is 10.1. The van der Waals surface area contributed by atoms with Crippen LogP contribution in [0.15, 0.2) is 24.3 Å². The molecule has 0 bridgehead atoms. The predicted molar refractivity (Wildman–Crippen MR) is 53.1 cm³/mol. The molecule has 0 aliphatic rings. The highest BCUT2D eigenvalue weighted by Crippen LogP contribution is 2.11. The van der Waals surface area contributed by atoms with E-state index < -0.39 is 11.8 Å². The number of halogens is 1. The van der Waals surface area contributed by atoms with Gasteiger partial charge in [-0.25, -0.2) is 4.39 Å². The Morgan fingerprint density at radius 1 is 1.40 bits per heavy atom. The summed E-state index contributed by atoms with van der Waals surface area (Å²) in [6, 6.07) is 3.71. The first-order valence-corrected chi connectivity index (χ1v) is 4.26. The SMILES string of the molecule is O=Cc1ccc(F)cc1C=CCC(=O)O. The predicted octanol–water partition coefficient (Wildman–Crippen LogP) is 2.13. The maximum Gasteiger partial charge on any atom is 0.307 e. The Kier molecular flexibility index (Phi) is 3.74. The van der Waals surface area contributed by atoms with Gasteiger partial charge in [0.05, 0.1) is 6.42 Å². The summed E-state index contributed by atoms with van der Waals surface area (Å²) in [4.78, 5) is 20.8. The molecule has 78 valence electrons. The van der Waals surface area contributed by atoms with E-state index in [1.165, 1.54) is 30.4 Å². The van der Waals surface area contributed by atoms with Gasteiger partial charge in [-0.2, -0.15) is 0 Å². The monoisotopic (exact) mass is 208 g/mol. The second-order valence-electron chi connectivity index (χ2n) is 2.89. The van der Waals surface area contributed by atoms with Crippen LogP contribution in [0.2, 0.25) is 0 Å². The maximum absolute atomic E-state index is 12.8. The van der Waals surface area contributed by atoms with Gasteiger partial charge >= 0.3 is 5.97 Å². The van der Waals surface area contributed by atoms with Crippen molar-refractivity contribution in [2.75, 3.05) is 0 Å². The number of benzene rings is 1. The number of hydrogen-bond acceptors (Lipinski definition) is 2. The number of carboxylic acid groups (broad SMARTS) is 1. The van der Waals surface area contributed by atoms with Gasteiger partial charge in [-0.15, -0.1) is 0 Å². The summed E-state index contributed by atoms with van der Waals surface area (Å²) < 4.78 is 12.8. The lowest BCUT2D eigenvalue weighted by Gasteiger charge is -1.98. The Balaban J connectivity index is 2.91. The standard InChI is InChI=1S/C11H9FO3/c12-10-5-4-9(7-13)8(6-10)2-1-3-11(14)15/h1-2,4-7H,3H2,(H,14,15). The lowest BCUT2D eigenvalue weighted by Crippen LogP contribution is -1.91. The number of carbonyl (C=O) groups is 2. The van der Waals surface area contributed by atoms with E-state index in [0.717, 1.165) is 0 Å². The van der Waals surface area contributed by atoms with Crippen molar-refractivity contribution in [2.24, 2.45) is 0 Å². The molecule has 0 fully saturated rings. The molecular weight excluding hydrogens is 199 g/mol. The van der Waals surface area contributed by atoms with Crippen LogP contribution < -0.4 is 0 Å². The van der Waals surface area contributed by atoms with Crippen LogP contribution in [-0.2, 0) is 4.79 Å². The van der Waals surface area contributed by atoms with Crippen molar-refractivity contribution in [3.05, 3.63) is 41.2 Å². The van der Waals surface area contributed by atoms with Crippen molar-refractivity contribution in [3.63, 3.8) is 0 Å². The molecule has 0 radical (unpaired) electrons. The van der Waals surface area contributed by atoms with Crippen LogP contribution >= 0.6 is 0 Å². The fourth-order valence-corrected chi connectivity index (χ4v) is 1.08. The molecule has 0 heterocycles. The third-order valence-electron chi connectivity index (χ3n) is 1.77. The Hall–Kier alpha value is -1.97. The van der Waals surface area contributed by atoms with E-state index in [2.05, 4.69) is 0 Å². The number of aliphatic carboxylic acids is 1. The minimum Gasteiger partial charge on any atom is -0.481 e. The number of carboxylic acids is 1. The molecule has 0 saturated heterocycles. The van der Waals surface area contributed by atoms with E-state index in [1.54, 1.807) is 0 Å². The highest BCUT2D eigenvalue weighted by Gasteiger charge is 2.00. The molecule has 0 aliphatic carbocycles. The largest absolute Gasteiger partial charge is 0.481 e. The van der Waals surface area contributed by atoms with Gasteiger partial charge in [0, 0.05) is 5.56 Å². The summed E-state index contributed by atoms with van der Waals surface area (Å²) in [5.74, 6) is -1.44. The van der Waals surface area contributed by atoms with E-state index >= 15 is 0 Å².